The van der Waals surface area contributed by atoms with Crippen LogP contribution in [0.2, 0.25) is 5.02 Å². The Morgan fingerprint density at radius 1 is 1.11 bits per heavy atom. The predicted octanol–water partition coefficient (Wildman–Crippen LogP) is 4.31. The normalized spacial score (nSPS) is 21.3. The minimum Gasteiger partial charge on any atom is -0.489 e. The molecule has 2 aromatic carbocycles. The van der Waals surface area contributed by atoms with Crippen LogP contribution < -0.4 is 10.1 Å². The van der Waals surface area contributed by atoms with Crippen molar-refractivity contribution in [2.24, 2.45) is 0 Å². The second kappa shape index (κ2) is 8.96. The zero-order chi connectivity index (χ0) is 17.9. The van der Waals surface area contributed by atoms with Crippen LogP contribution in [-0.4, -0.2) is 36.0 Å². The highest BCUT2D eigenvalue weighted by Gasteiger charge is 2.38. The first kappa shape index (κ1) is 20.0. The lowest BCUT2D eigenvalue weighted by atomic mass is 10.1. The van der Waals surface area contributed by atoms with Gasteiger partial charge in [-0.3, -0.25) is 4.79 Å². The molecule has 2 aliphatic rings. The topological polar surface area (TPSA) is 41.6 Å². The maximum absolute atomic E-state index is 13.1. The summed E-state index contributed by atoms with van der Waals surface area (Å²) in [6.45, 7) is 2.35. The van der Waals surface area contributed by atoms with E-state index < -0.39 is 0 Å². The van der Waals surface area contributed by atoms with Crippen LogP contribution in [0.25, 0.3) is 0 Å². The van der Waals surface area contributed by atoms with Crippen LogP contribution in [0, 0.1) is 0 Å². The molecule has 0 radical (unpaired) electrons. The fourth-order valence-corrected chi connectivity index (χ4v) is 4.06. The molecule has 0 spiro atoms. The Bertz CT molecular complexity index is 768. The Kier molecular flexibility index (Phi) is 6.64. The predicted molar refractivity (Wildman–Crippen MR) is 110 cm³/mol. The van der Waals surface area contributed by atoms with E-state index in [-0.39, 0.29) is 18.3 Å². The van der Waals surface area contributed by atoms with Crippen molar-refractivity contribution < 1.29 is 9.53 Å². The Balaban J connectivity index is 0.00000210. The summed E-state index contributed by atoms with van der Waals surface area (Å²) in [6.07, 6.45) is 3.25. The third-order valence-corrected chi connectivity index (χ3v) is 5.54. The Hall–Kier alpha value is -1.75. The van der Waals surface area contributed by atoms with Crippen molar-refractivity contribution >= 4 is 29.9 Å². The van der Waals surface area contributed by atoms with E-state index in [1.807, 2.05) is 48.5 Å². The van der Waals surface area contributed by atoms with Crippen LogP contribution in [0.15, 0.2) is 48.5 Å². The molecule has 2 aromatic rings. The van der Waals surface area contributed by atoms with Gasteiger partial charge in [0.2, 0.25) is 0 Å². The molecule has 2 heterocycles. The maximum Gasteiger partial charge on any atom is 0.254 e. The van der Waals surface area contributed by atoms with Crippen molar-refractivity contribution in [2.75, 3.05) is 13.1 Å². The standard InChI is InChI=1S/C21H23ClN2O2.ClH/c22-17-6-4-15(5-7-17)14-26-20-3-1-2-16(12-20)21(25)24-18-8-9-19(24)13-23-11-10-18;/h1-7,12,18-19,23H,8-11,13-14H2;1H. The average Bonchev–Trinajstić information content (AvgIpc) is 2.93. The van der Waals surface area contributed by atoms with E-state index in [0.717, 1.165) is 37.9 Å². The van der Waals surface area contributed by atoms with Crippen LogP contribution in [0.3, 0.4) is 0 Å². The summed E-state index contributed by atoms with van der Waals surface area (Å²) in [5.41, 5.74) is 1.75. The number of nitrogens with one attached hydrogen (secondary N) is 1. The minimum atomic E-state index is 0. The lowest BCUT2D eigenvalue weighted by Gasteiger charge is -2.28. The van der Waals surface area contributed by atoms with Gasteiger partial charge in [0.15, 0.2) is 0 Å². The van der Waals surface area contributed by atoms with Crippen molar-refractivity contribution in [3.63, 3.8) is 0 Å². The van der Waals surface area contributed by atoms with Crippen molar-refractivity contribution in [3.05, 3.63) is 64.7 Å². The molecule has 4 nitrogen and oxygen atoms in total. The van der Waals surface area contributed by atoms with Crippen molar-refractivity contribution in [2.45, 2.75) is 38.0 Å². The third kappa shape index (κ3) is 4.57. The van der Waals surface area contributed by atoms with Crippen LogP contribution in [0.1, 0.15) is 35.2 Å². The SMILES string of the molecule is Cl.O=C(c1cccc(OCc2ccc(Cl)cc2)c1)N1C2CCNCC1CC2. The highest BCUT2D eigenvalue weighted by Crippen LogP contribution is 2.30. The molecule has 27 heavy (non-hydrogen) atoms. The van der Waals surface area contributed by atoms with Gasteiger partial charge in [0.1, 0.15) is 12.4 Å². The maximum atomic E-state index is 13.1. The van der Waals surface area contributed by atoms with Gasteiger partial charge in [-0.1, -0.05) is 29.8 Å². The number of hydrogen-bond donors (Lipinski definition) is 1. The largest absolute Gasteiger partial charge is 0.489 e. The molecule has 4 rings (SSSR count). The Morgan fingerprint density at radius 3 is 2.70 bits per heavy atom. The number of amides is 1. The summed E-state index contributed by atoms with van der Waals surface area (Å²) in [6, 6.07) is 15.8. The van der Waals surface area contributed by atoms with Crippen LogP contribution in [0.5, 0.6) is 5.75 Å². The number of ether oxygens (including phenoxy) is 1. The number of benzene rings is 2. The lowest BCUT2D eigenvalue weighted by Crippen LogP contribution is -2.42. The van der Waals surface area contributed by atoms with Gasteiger partial charge in [-0.2, -0.15) is 0 Å². The highest BCUT2D eigenvalue weighted by atomic mass is 35.5. The fraction of sp³-hybridized carbons (Fsp3) is 0.381. The van der Waals surface area contributed by atoms with Crippen LogP contribution in [-0.2, 0) is 6.61 Å². The minimum absolute atomic E-state index is 0. The first-order valence-electron chi connectivity index (χ1n) is 9.21. The number of rotatable bonds is 4. The third-order valence-electron chi connectivity index (χ3n) is 5.29. The molecule has 1 N–H and O–H groups in total. The molecule has 1 amide bonds. The molecule has 2 fully saturated rings. The fourth-order valence-electron chi connectivity index (χ4n) is 3.93. The second-order valence-electron chi connectivity index (χ2n) is 7.03. The first-order chi connectivity index (χ1) is 12.7. The zero-order valence-electron chi connectivity index (χ0n) is 15.1. The zero-order valence-corrected chi connectivity index (χ0v) is 16.6. The number of carbonyl (C=O) groups is 1. The number of hydrogen-bond acceptors (Lipinski definition) is 3. The monoisotopic (exact) mass is 406 g/mol. The molecule has 2 bridgehead atoms. The molecule has 0 aliphatic carbocycles. The molecule has 2 saturated heterocycles. The van der Waals surface area contributed by atoms with E-state index in [1.54, 1.807) is 0 Å². The van der Waals surface area contributed by atoms with E-state index >= 15 is 0 Å². The van der Waals surface area contributed by atoms with Gasteiger partial charge in [0.25, 0.3) is 5.91 Å². The molecular weight excluding hydrogens is 383 g/mol. The van der Waals surface area contributed by atoms with Gasteiger partial charge >= 0.3 is 0 Å². The Labute approximate surface area is 171 Å². The summed E-state index contributed by atoms with van der Waals surface area (Å²) < 4.78 is 5.88. The first-order valence-corrected chi connectivity index (χ1v) is 9.59. The summed E-state index contributed by atoms with van der Waals surface area (Å²) in [5, 5.41) is 4.15. The number of nitrogens with zero attached hydrogens (tertiary/aromatic N) is 1. The summed E-state index contributed by atoms with van der Waals surface area (Å²) in [7, 11) is 0. The van der Waals surface area contributed by atoms with E-state index in [4.69, 9.17) is 16.3 Å². The van der Waals surface area contributed by atoms with E-state index in [2.05, 4.69) is 10.2 Å². The summed E-state index contributed by atoms with van der Waals surface area (Å²) in [4.78, 5) is 15.2. The molecule has 2 unspecified atom stereocenters. The lowest BCUT2D eigenvalue weighted by molar-refractivity contribution is 0.0680. The van der Waals surface area contributed by atoms with Crippen molar-refractivity contribution in [3.8, 4) is 5.75 Å². The molecule has 6 heteroatoms. The van der Waals surface area contributed by atoms with Gasteiger partial charge in [-0.15, -0.1) is 12.4 Å². The molecule has 0 saturated carbocycles. The van der Waals surface area contributed by atoms with E-state index in [1.165, 1.54) is 0 Å². The van der Waals surface area contributed by atoms with Gasteiger partial charge in [0.05, 0.1) is 0 Å². The number of carbonyl (C=O) groups excluding carboxylic acids is 1. The molecule has 2 aliphatic heterocycles. The van der Waals surface area contributed by atoms with Crippen molar-refractivity contribution in [1.29, 1.82) is 0 Å². The van der Waals surface area contributed by atoms with Gasteiger partial charge in [0, 0.05) is 29.2 Å². The smallest absolute Gasteiger partial charge is 0.254 e. The average molecular weight is 407 g/mol. The Morgan fingerprint density at radius 2 is 1.89 bits per heavy atom. The van der Waals surface area contributed by atoms with Crippen LogP contribution in [0.4, 0.5) is 0 Å². The summed E-state index contributed by atoms with van der Waals surface area (Å²) >= 11 is 5.91. The van der Waals surface area contributed by atoms with E-state index in [9.17, 15) is 4.79 Å². The molecule has 2 atom stereocenters. The van der Waals surface area contributed by atoms with E-state index in [0.29, 0.717) is 35.0 Å². The van der Waals surface area contributed by atoms with Gasteiger partial charge in [-0.05, 0) is 61.7 Å². The molecule has 144 valence electrons. The van der Waals surface area contributed by atoms with Gasteiger partial charge in [-0.25, -0.2) is 0 Å². The van der Waals surface area contributed by atoms with Crippen molar-refractivity contribution in [1.82, 2.24) is 10.2 Å². The number of halogens is 2. The van der Waals surface area contributed by atoms with Crippen LogP contribution >= 0.6 is 24.0 Å². The number of fused-ring (bicyclic) bond motifs is 2. The highest BCUT2D eigenvalue weighted by molar-refractivity contribution is 6.30. The molecule has 0 aromatic heterocycles. The summed E-state index contributed by atoms with van der Waals surface area (Å²) in [5.74, 6) is 0.837. The second-order valence-corrected chi connectivity index (χ2v) is 7.47. The molecular formula is C21H24Cl2N2O2. The van der Waals surface area contributed by atoms with Gasteiger partial charge < -0.3 is 15.0 Å². The quantitative estimate of drug-likeness (QED) is 0.822.